The highest BCUT2D eigenvalue weighted by molar-refractivity contribution is 6.35. The van der Waals surface area contributed by atoms with Crippen LogP contribution in [0.4, 0.5) is 0 Å². The molecule has 0 saturated carbocycles. The van der Waals surface area contributed by atoms with Crippen LogP contribution < -0.4 is 5.32 Å². The number of hydrogen-bond donors (Lipinski definition) is 1. The van der Waals surface area contributed by atoms with Crippen LogP contribution in [0.5, 0.6) is 0 Å². The number of halogens is 2. The molecule has 0 aliphatic carbocycles. The van der Waals surface area contributed by atoms with E-state index in [2.05, 4.69) is 47.3 Å². The Hall–Kier alpha value is -1.48. The van der Waals surface area contributed by atoms with Crippen LogP contribution in [0.15, 0.2) is 48.7 Å². The van der Waals surface area contributed by atoms with Gasteiger partial charge in [0.1, 0.15) is 0 Å². The smallest absolute Gasteiger partial charge is 0.0491 e. The molecule has 0 saturated heterocycles. The fourth-order valence-corrected chi connectivity index (χ4v) is 3.35. The number of aromatic nitrogens is 1. The molecule has 23 heavy (non-hydrogen) atoms. The first-order chi connectivity index (χ1) is 11.2. The Labute approximate surface area is 147 Å². The van der Waals surface area contributed by atoms with E-state index in [4.69, 9.17) is 23.2 Å². The summed E-state index contributed by atoms with van der Waals surface area (Å²) in [5.74, 6) is 0. The van der Waals surface area contributed by atoms with Crippen molar-refractivity contribution in [2.75, 3.05) is 13.1 Å². The van der Waals surface area contributed by atoms with Gasteiger partial charge in [-0.2, -0.15) is 0 Å². The lowest BCUT2D eigenvalue weighted by Gasteiger charge is -2.08. The third-order valence-electron chi connectivity index (χ3n) is 4.05. The van der Waals surface area contributed by atoms with Crippen LogP contribution in [0.2, 0.25) is 10.0 Å². The zero-order valence-electron chi connectivity index (χ0n) is 13.2. The second-order valence-electron chi connectivity index (χ2n) is 5.64. The van der Waals surface area contributed by atoms with Crippen molar-refractivity contribution < 1.29 is 0 Å². The van der Waals surface area contributed by atoms with Crippen molar-refractivity contribution in [1.82, 2.24) is 9.88 Å². The van der Waals surface area contributed by atoms with Crippen LogP contribution in [0.3, 0.4) is 0 Å². The standard InChI is InChI=1S/C19H20Cl2N2/c1-2-22-10-9-14-12-23(19-6-4-3-5-17(14)19)13-15-7-8-16(20)11-18(15)21/h3-8,11-12,22H,2,9-10,13H2,1H3. The number of para-hydroxylation sites is 1. The molecule has 3 aromatic rings. The molecule has 0 radical (unpaired) electrons. The third kappa shape index (κ3) is 3.72. The topological polar surface area (TPSA) is 17.0 Å². The van der Waals surface area contributed by atoms with Crippen molar-refractivity contribution in [2.45, 2.75) is 19.9 Å². The molecule has 0 atom stereocenters. The first-order valence-electron chi connectivity index (χ1n) is 7.90. The quantitative estimate of drug-likeness (QED) is 0.610. The summed E-state index contributed by atoms with van der Waals surface area (Å²) >= 11 is 12.3. The maximum absolute atomic E-state index is 6.33. The highest BCUT2D eigenvalue weighted by Crippen LogP contribution is 2.26. The first-order valence-corrected chi connectivity index (χ1v) is 8.66. The summed E-state index contributed by atoms with van der Waals surface area (Å²) in [5.41, 5.74) is 3.69. The van der Waals surface area contributed by atoms with E-state index < -0.39 is 0 Å². The molecule has 0 spiro atoms. The maximum Gasteiger partial charge on any atom is 0.0491 e. The molecule has 120 valence electrons. The van der Waals surface area contributed by atoms with Crippen molar-refractivity contribution in [3.8, 4) is 0 Å². The van der Waals surface area contributed by atoms with E-state index in [0.29, 0.717) is 10.0 Å². The van der Waals surface area contributed by atoms with Crippen molar-refractivity contribution in [3.63, 3.8) is 0 Å². The molecule has 2 aromatic carbocycles. The van der Waals surface area contributed by atoms with E-state index in [1.807, 2.05) is 12.1 Å². The third-order valence-corrected chi connectivity index (χ3v) is 4.63. The fraction of sp³-hybridized carbons (Fsp3) is 0.263. The zero-order valence-corrected chi connectivity index (χ0v) is 14.7. The number of hydrogen-bond acceptors (Lipinski definition) is 1. The van der Waals surface area contributed by atoms with Gasteiger partial charge in [-0.3, -0.25) is 0 Å². The van der Waals surface area contributed by atoms with Crippen LogP contribution in [0, 0.1) is 0 Å². The van der Waals surface area contributed by atoms with Crippen LogP contribution >= 0.6 is 23.2 Å². The Morgan fingerprint density at radius 3 is 2.65 bits per heavy atom. The fourth-order valence-electron chi connectivity index (χ4n) is 2.89. The lowest BCUT2D eigenvalue weighted by molar-refractivity contribution is 0.715. The Bertz CT molecular complexity index is 808. The van der Waals surface area contributed by atoms with Crippen LogP contribution in [0.1, 0.15) is 18.1 Å². The number of nitrogens with zero attached hydrogens (tertiary/aromatic N) is 1. The van der Waals surface area contributed by atoms with Crippen molar-refractivity contribution in [1.29, 1.82) is 0 Å². The summed E-state index contributed by atoms with van der Waals surface area (Å²) in [6.45, 7) is 4.87. The Morgan fingerprint density at radius 2 is 1.87 bits per heavy atom. The normalized spacial score (nSPS) is 11.3. The summed E-state index contributed by atoms with van der Waals surface area (Å²) in [6, 6.07) is 14.2. The molecule has 0 unspecified atom stereocenters. The van der Waals surface area contributed by atoms with Gasteiger partial charge < -0.3 is 9.88 Å². The minimum atomic E-state index is 0.669. The van der Waals surface area contributed by atoms with E-state index in [-0.39, 0.29) is 0 Å². The molecule has 0 aliphatic rings. The van der Waals surface area contributed by atoms with Gasteiger partial charge in [0.2, 0.25) is 0 Å². The van der Waals surface area contributed by atoms with Crippen molar-refractivity contribution >= 4 is 34.1 Å². The average molecular weight is 347 g/mol. The molecule has 3 rings (SSSR count). The van der Waals surface area contributed by atoms with Crippen LogP contribution in [-0.4, -0.2) is 17.7 Å². The van der Waals surface area contributed by atoms with E-state index in [9.17, 15) is 0 Å². The van der Waals surface area contributed by atoms with Crippen molar-refractivity contribution in [3.05, 3.63) is 69.8 Å². The number of rotatable bonds is 6. The van der Waals surface area contributed by atoms with Crippen LogP contribution in [0.25, 0.3) is 10.9 Å². The van der Waals surface area contributed by atoms with Gasteiger partial charge in [-0.05, 0) is 48.8 Å². The van der Waals surface area contributed by atoms with Gasteiger partial charge in [0.05, 0.1) is 0 Å². The zero-order chi connectivity index (χ0) is 16.2. The summed E-state index contributed by atoms with van der Waals surface area (Å²) in [6.07, 6.45) is 3.27. The molecular weight excluding hydrogens is 327 g/mol. The molecule has 2 nitrogen and oxygen atoms in total. The monoisotopic (exact) mass is 346 g/mol. The summed E-state index contributed by atoms with van der Waals surface area (Å²) in [4.78, 5) is 0. The lowest BCUT2D eigenvalue weighted by Crippen LogP contribution is -2.15. The van der Waals surface area contributed by atoms with Crippen LogP contribution in [-0.2, 0) is 13.0 Å². The molecule has 1 heterocycles. The predicted octanol–water partition coefficient (Wildman–Crippen LogP) is 5.15. The Kier molecular flexibility index (Phi) is 5.27. The second-order valence-corrected chi connectivity index (χ2v) is 6.48. The molecule has 1 N–H and O–H groups in total. The first kappa shape index (κ1) is 16.4. The molecule has 0 bridgehead atoms. The van der Waals surface area contributed by atoms with Gasteiger partial charge >= 0.3 is 0 Å². The second kappa shape index (κ2) is 7.39. The Balaban J connectivity index is 1.94. The van der Waals surface area contributed by atoms with Crippen molar-refractivity contribution in [2.24, 2.45) is 0 Å². The van der Waals surface area contributed by atoms with E-state index in [1.165, 1.54) is 16.5 Å². The maximum atomic E-state index is 6.33. The largest absolute Gasteiger partial charge is 0.343 e. The molecular formula is C19H20Cl2N2. The number of fused-ring (bicyclic) bond motifs is 1. The summed E-state index contributed by atoms with van der Waals surface area (Å²) in [5, 5.41) is 6.09. The molecule has 0 amide bonds. The van der Waals surface area contributed by atoms with Gasteiger partial charge in [0.15, 0.2) is 0 Å². The van der Waals surface area contributed by atoms with Gasteiger partial charge in [-0.25, -0.2) is 0 Å². The predicted molar refractivity (Wildman–Crippen MR) is 99.7 cm³/mol. The Morgan fingerprint density at radius 1 is 1.04 bits per heavy atom. The van der Waals surface area contributed by atoms with Gasteiger partial charge in [-0.1, -0.05) is 54.4 Å². The summed E-state index contributed by atoms with van der Waals surface area (Å²) in [7, 11) is 0. The molecule has 0 fully saturated rings. The number of nitrogens with one attached hydrogen (secondary N) is 1. The van der Waals surface area contributed by atoms with E-state index in [1.54, 1.807) is 6.07 Å². The molecule has 4 heteroatoms. The molecule has 1 aromatic heterocycles. The SMILES string of the molecule is CCNCCc1cn(Cc2ccc(Cl)cc2Cl)c2ccccc12. The highest BCUT2D eigenvalue weighted by atomic mass is 35.5. The van der Waals surface area contributed by atoms with E-state index in [0.717, 1.165) is 31.6 Å². The lowest BCUT2D eigenvalue weighted by atomic mass is 10.1. The van der Waals surface area contributed by atoms with E-state index >= 15 is 0 Å². The number of benzene rings is 2. The van der Waals surface area contributed by atoms with Gasteiger partial charge in [0, 0.05) is 33.7 Å². The van der Waals surface area contributed by atoms with Gasteiger partial charge in [-0.15, -0.1) is 0 Å². The average Bonchev–Trinajstić information content (AvgIpc) is 2.89. The minimum absolute atomic E-state index is 0.669. The van der Waals surface area contributed by atoms with Gasteiger partial charge in [0.25, 0.3) is 0 Å². The minimum Gasteiger partial charge on any atom is -0.343 e. The summed E-state index contributed by atoms with van der Waals surface area (Å²) < 4.78 is 2.27. The highest BCUT2D eigenvalue weighted by Gasteiger charge is 2.10. The molecule has 0 aliphatic heterocycles. The number of likely N-dealkylation sites (N-methyl/N-ethyl adjacent to an activating group) is 1.